The van der Waals surface area contributed by atoms with Crippen LogP contribution < -0.4 is 5.32 Å². The van der Waals surface area contributed by atoms with Crippen LogP contribution in [0.1, 0.15) is 13.3 Å². The quantitative estimate of drug-likeness (QED) is 0.381. The van der Waals surface area contributed by atoms with E-state index in [1.54, 1.807) is 0 Å². The maximum Gasteiger partial charge on any atom is 0.217 e. The summed E-state index contributed by atoms with van der Waals surface area (Å²) in [7, 11) is 0. The monoisotopic (exact) mass is 233 g/mol. The molecule has 0 spiro atoms. The van der Waals surface area contributed by atoms with Gasteiger partial charge in [-0.1, -0.05) is 0 Å². The first-order valence-electron chi connectivity index (χ1n) is 5.36. The molecule has 1 saturated carbocycles. The molecular weight excluding hydrogens is 214 g/mol. The van der Waals surface area contributed by atoms with E-state index in [1.807, 2.05) is 0 Å². The smallest absolute Gasteiger partial charge is 0.217 e. The number of hydrogen-bond acceptors (Lipinski definition) is 5. The molecule has 0 aromatic carbocycles. The molecule has 0 aromatic heterocycles. The molecule has 0 aromatic rings. The molecule has 16 heavy (non-hydrogen) atoms. The first-order chi connectivity index (χ1) is 7.51. The van der Waals surface area contributed by atoms with Gasteiger partial charge in [-0.05, 0) is 6.42 Å². The van der Waals surface area contributed by atoms with Crippen molar-refractivity contribution in [1.29, 1.82) is 0 Å². The van der Waals surface area contributed by atoms with Gasteiger partial charge >= 0.3 is 0 Å². The second-order valence-electron chi connectivity index (χ2n) is 4.33. The topological polar surface area (TPSA) is 110 Å². The zero-order valence-electron chi connectivity index (χ0n) is 9.21. The predicted molar refractivity (Wildman–Crippen MR) is 55.4 cm³/mol. The Bertz CT molecular complexity index is 245. The third-order valence-electron chi connectivity index (χ3n) is 3.15. The van der Waals surface area contributed by atoms with Crippen molar-refractivity contribution in [2.45, 2.75) is 31.6 Å². The van der Waals surface area contributed by atoms with Crippen LogP contribution in [-0.4, -0.2) is 57.8 Å². The lowest BCUT2D eigenvalue weighted by Gasteiger charge is -2.41. The van der Waals surface area contributed by atoms with Gasteiger partial charge in [0.25, 0.3) is 0 Å². The van der Waals surface area contributed by atoms with Gasteiger partial charge < -0.3 is 25.7 Å². The number of carbonyl (C=O) groups excluding carboxylic acids is 1. The molecule has 1 rings (SSSR count). The largest absolute Gasteiger partial charge is 0.396 e. The molecule has 5 N–H and O–H groups in total. The lowest BCUT2D eigenvalue weighted by Crippen LogP contribution is -2.59. The highest BCUT2D eigenvalue weighted by molar-refractivity contribution is 5.73. The summed E-state index contributed by atoms with van der Waals surface area (Å²) in [6, 6.07) is -0.666. The molecule has 0 aliphatic heterocycles. The first kappa shape index (κ1) is 13.4. The minimum atomic E-state index is -1.16. The molecule has 0 bridgehead atoms. The highest BCUT2D eigenvalue weighted by atomic mass is 16.3. The molecule has 5 atom stereocenters. The number of carbonyl (C=O) groups is 1. The minimum absolute atomic E-state index is 0.203. The summed E-state index contributed by atoms with van der Waals surface area (Å²) in [5.41, 5.74) is 0. The molecule has 6 nitrogen and oxygen atoms in total. The third kappa shape index (κ3) is 2.70. The molecule has 0 heterocycles. The van der Waals surface area contributed by atoms with Crippen LogP contribution in [0.5, 0.6) is 0 Å². The number of aliphatic hydroxyl groups excluding tert-OH is 4. The number of nitrogens with one attached hydrogen (secondary N) is 1. The molecule has 1 aliphatic rings. The number of aliphatic hydroxyl groups is 4. The van der Waals surface area contributed by atoms with Crippen molar-refractivity contribution in [2.75, 3.05) is 13.2 Å². The van der Waals surface area contributed by atoms with Crippen LogP contribution >= 0.6 is 0 Å². The van der Waals surface area contributed by atoms with Crippen molar-refractivity contribution in [1.82, 2.24) is 5.32 Å². The van der Waals surface area contributed by atoms with Crippen molar-refractivity contribution in [3.63, 3.8) is 0 Å². The van der Waals surface area contributed by atoms with Gasteiger partial charge in [0, 0.05) is 32.0 Å². The maximum absolute atomic E-state index is 10.9. The second-order valence-corrected chi connectivity index (χ2v) is 4.33. The molecule has 1 fully saturated rings. The van der Waals surface area contributed by atoms with Gasteiger partial charge in [0.1, 0.15) is 6.10 Å². The summed E-state index contributed by atoms with van der Waals surface area (Å²) in [4.78, 5) is 10.9. The van der Waals surface area contributed by atoms with Gasteiger partial charge in [0.2, 0.25) is 5.91 Å². The van der Waals surface area contributed by atoms with Crippen LogP contribution in [0.3, 0.4) is 0 Å². The van der Waals surface area contributed by atoms with E-state index in [4.69, 9.17) is 10.2 Å². The van der Waals surface area contributed by atoms with E-state index in [0.717, 1.165) is 0 Å². The Kier molecular flexibility index (Phi) is 4.67. The highest BCUT2D eigenvalue weighted by Crippen LogP contribution is 2.29. The Morgan fingerprint density at radius 2 is 1.75 bits per heavy atom. The van der Waals surface area contributed by atoms with Gasteiger partial charge in [-0.25, -0.2) is 0 Å². The molecule has 1 amide bonds. The van der Waals surface area contributed by atoms with E-state index < -0.39 is 24.2 Å². The zero-order valence-corrected chi connectivity index (χ0v) is 9.21. The number of hydrogen-bond donors (Lipinski definition) is 5. The molecule has 0 saturated heterocycles. The fourth-order valence-corrected chi connectivity index (χ4v) is 2.25. The molecule has 6 heteroatoms. The lowest BCUT2D eigenvalue weighted by atomic mass is 9.75. The van der Waals surface area contributed by atoms with E-state index in [9.17, 15) is 15.0 Å². The van der Waals surface area contributed by atoms with E-state index in [0.29, 0.717) is 6.42 Å². The Labute approximate surface area is 93.9 Å². The summed E-state index contributed by atoms with van der Waals surface area (Å²) < 4.78 is 0. The van der Waals surface area contributed by atoms with Crippen LogP contribution in [0.2, 0.25) is 0 Å². The van der Waals surface area contributed by atoms with Gasteiger partial charge in [-0.15, -0.1) is 0 Å². The Hall–Kier alpha value is -0.690. The van der Waals surface area contributed by atoms with Crippen LogP contribution in [0, 0.1) is 11.8 Å². The molecule has 1 aliphatic carbocycles. The Balaban J connectivity index is 2.77. The van der Waals surface area contributed by atoms with Crippen LogP contribution in [0.4, 0.5) is 0 Å². The van der Waals surface area contributed by atoms with Crippen molar-refractivity contribution in [3.05, 3.63) is 0 Å². The van der Waals surface area contributed by atoms with Gasteiger partial charge in [-0.3, -0.25) is 4.79 Å². The predicted octanol–water partition coefficient (Wildman–Crippen LogP) is -2.17. The summed E-state index contributed by atoms with van der Waals surface area (Å²) in [6.07, 6.45) is -1.87. The summed E-state index contributed by atoms with van der Waals surface area (Å²) >= 11 is 0. The Morgan fingerprint density at radius 3 is 2.19 bits per heavy atom. The normalized spacial score (nSPS) is 39.4. The van der Waals surface area contributed by atoms with Crippen LogP contribution in [0.25, 0.3) is 0 Å². The zero-order chi connectivity index (χ0) is 12.3. The highest BCUT2D eigenvalue weighted by Gasteiger charge is 2.43. The van der Waals surface area contributed by atoms with Crippen LogP contribution in [-0.2, 0) is 4.79 Å². The number of rotatable bonds is 3. The fourth-order valence-electron chi connectivity index (χ4n) is 2.25. The van der Waals surface area contributed by atoms with Gasteiger partial charge in [0.05, 0.1) is 12.1 Å². The van der Waals surface area contributed by atoms with E-state index in [1.165, 1.54) is 6.92 Å². The summed E-state index contributed by atoms with van der Waals surface area (Å²) in [6.45, 7) is 0.860. The molecular formula is C10H19NO5. The third-order valence-corrected chi connectivity index (χ3v) is 3.15. The molecule has 0 radical (unpaired) electrons. The Morgan fingerprint density at radius 1 is 1.19 bits per heavy atom. The second kappa shape index (κ2) is 5.58. The summed E-state index contributed by atoms with van der Waals surface area (Å²) in [5, 5.41) is 40.2. The maximum atomic E-state index is 10.9. The van der Waals surface area contributed by atoms with E-state index in [2.05, 4.69) is 5.32 Å². The van der Waals surface area contributed by atoms with Crippen LogP contribution in [0.15, 0.2) is 0 Å². The van der Waals surface area contributed by atoms with Crippen molar-refractivity contribution in [3.8, 4) is 0 Å². The van der Waals surface area contributed by atoms with Gasteiger partial charge in [-0.2, -0.15) is 0 Å². The minimum Gasteiger partial charge on any atom is -0.396 e. The standard InChI is InChI=1S/C10H19NO5/c1-5(14)11-8-6(3-12)2-7(4-13)9(15)10(8)16/h6-10,12-13,15-16H,2-4H2,1H3,(H,11,14)/t6-,7+,8-,9+,10+/m0/s1. The molecule has 0 unspecified atom stereocenters. The van der Waals surface area contributed by atoms with Crippen molar-refractivity contribution < 1.29 is 25.2 Å². The first-order valence-corrected chi connectivity index (χ1v) is 5.36. The average Bonchev–Trinajstić information content (AvgIpc) is 2.25. The molecule has 94 valence electrons. The summed E-state index contributed by atoms with van der Waals surface area (Å²) in [5.74, 6) is -1.13. The SMILES string of the molecule is CC(=O)N[C@H]1[C@H](CO)C[C@H](CO)[C@@H](O)[C@@H]1O. The van der Waals surface area contributed by atoms with Gasteiger partial charge in [0.15, 0.2) is 0 Å². The van der Waals surface area contributed by atoms with E-state index in [-0.39, 0.29) is 25.0 Å². The average molecular weight is 233 g/mol. The van der Waals surface area contributed by atoms with Crippen molar-refractivity contribution >= 4 is 5.91 Å². The number of amides is 1. The van der Waals surface area contributed by atoms with Crippen molar-refractivity contribution in [2.24, 2.45) is 11.8 Å². The fraction of sp³-hybridized carbons (Fsp3) is 0.900. The lowest BCUT2D eigenvalue weighted by molar-refractivity contribution is -0.128. The van der Waals surface area contributed by atoms with E-state index >= 15 is 0 Å².